The van der Waals surface area contributed by atoms with Crippen molar-refractivity contribution >= 4 is 26.7 Å². The van der Waals surface area contributed by atoms with Crippen LogP contribution in [-0.2, 0) is 10.2 Å². The molecule has 0 amide bonds. The van der Waals surface area contributed by atoms with Crippen LogP contribution >= 0.6 is 11.3 Å². The fourth-order valence-electron chi connectivity index (χ4n) is 1.12. The van der Waals surface area contributed by atoms with Crippen molar-refractivity contribution in [2.45, 2.75) is 20.3 Å². The van der Waals surface area contributed by atoms with E-state index in [1.54, 1.807) is 0 Å². The van der Waals surface area contributed by atoms with E-state index in [0.29, 0.717) is 11.6 Å². The molecule has 0 saturated heterocycles. The third-order valence-corrected chi connectivity index (χ3v) is 4.86. The number of nitrogens with one attached hydrogen (secondary N) is 1. The van der Waals surface area contributed by atoms with Gasteiger partial charge in [-0.25, -0.2) is 9.71 Å². The monoisotopic (exact) mass is 279 g/mol. The van der Waals surface area contributed by atoms with E-state index in [-0.39, 0.29) is 13.2 Å². The van der Waals surface area contributed by atoms with Crippen molar-refractivity contribution < 1.29 is 13.5 Å². The highest BCUT2D eigenvalue weighted by molar-refractivity contribution is 7.90. The molecule has 0 aliphatic heterocycles. The number of aliphatic hydroxyl groups excluding tert-OH is 1. The van der Waals surface area contributed by atoms with Gasteiger partial charge in [0, 0.05) is 25.1 Å². The summed E-state index contributed by atoms with van der Waals surface area (Å²) in [7, 11) is -2.11. The highest BCUT2D eigenvalue weighted by atomic mass is 32.2. The van der Waals surface area contributed by atoms with E-state index >= 15 is 0 Å². The predicted molar refractivity (Wildman–Crippen MR) is 68.5 cm³/mol. The van der Waals surface area contributed by atoms with Crippen LogP contribution in [0.15, 0.2) is 0 Å². The zero-order valence-electron chi connectivity index (χ0n) is 10.1. The number of rotatable bonds is 6. The van der Waals surface area contributed by atoms with Crippen LogP contribution < -0.4 is 4.72 Å². The van der Waals surface area contributed by atoms with Crippen LogP contribution in [0.4, 0.5) is 5.13 Å². The second kappa shape index (κ2) is 5.76. The summed E-state index contributed by atoms with van der Waals surface area (Å²) in [6, 6.07) is 0. The molecule has 98 valence electrons. The number of aromatic nitrogens is 1. The molecule has 0 spiro atoms. The molecule has 0 bridgehead atoms. The maximum absolute atomic E-state index is 11.8. The molecule has 1 aromatic heterocycles. The van der Waals surface area contributed by atoms with Crippen LogP contribution in [0, 0.1) is 13.8 Å². The van der Waals surface area contributed by atoms with Gasteiger partial charge in [0.25, 0.3) is 0 Å². The lowest BCUT2D eigenvalue weighted by molar-refractivity contribution is 0.276. The maximum atomic E-state index is 11.8. The number of aryl methyl sites for hydroxylation is 2. The van der Waals surface area contributed by atoms with E-state index in [1.807, 2.05) is 13.8 Å². The number of anilines is 1. The van der Waals surface area contributed by atoms with Gasteiger partial charge in [0.1, 0.15) is 0 Å². The summed E-state index contributed by atoms with van der Waals surface area (Å²) in [5.74, 6) is 0. The summed E-state index contributed by atoms with van der Waals surface area (Å²) >= 11 is 1.31. The molecule has 2 N–H and O–H groups in total. The van der Waals surface area contributed by atoms with Crippen LogP contribution in [-0.4, -0.2) is 43.0 Å². The standard InChI is InChI=1S/C9H17N3O3S2/c1-7-8(2)16-9(10-7)11-17(14,15)12(3)5-4-6-13/h13H,4-6H2,1-3H3,(H,10,11). The average molecular weight is 279 g/mol. The molecule has 17 heavy (non-hydrogen) atoms. The summed E-state index contributed by atoms with van der Waals surface area (Å²) < 4.78 is 27.2. The second-order valence-electron chi connectivity index (χ2n) is 3.67. The van der Waals surface area contributed by atoms with E-state index in [4.69, 9.17) is 5.11 Å². The van der Waals surface area contributed by atoms with Gasteiger partial charge < -0.3 is 5.11 Å². The van der Waals surface area contributed by atoms with Gasteiger partial charge in [0.15, 0.2) is 5.13 Å². The van der Waals surface area contributed by atoms with Gasteiger partial charge in [-0.05, 0) is 20.3 Å². The molecule has 1 rings (SSSR count). The molecule has 0 aromatic carbocycles. The van der Waals surface area contributed by atoms with Crippen molar-refractivity contribution in [2.75, 3.05) is 24.9 Å². The van der Waals surface area contributed by atoms with Crippen molar-refractivity contribution in [2.24, 2.45) is 0 Å². The lowest BCUT2D eigenvalue weighted by Crippen LogP contribution is -2.33. The van der Waals surface area contributed by atoms with Crippen molar-refractivity contribution in [3.63, 3.8) is 0 Å². The summed E-state index contributed by atoms with van der Waals surface area (Å²) in [6.45, 7) is 3.96. The third-order valence-electron chi connectivity index (χ3n) is 2.29. The van der Waals surface area contributed by atoms with Crippen molar-refractivity contribution in [3.8, 4) is 0 Å². The largest absolute Gasteiger partial charge is 0.396 e. The van der Waals surface area contributed by atoms with Gasteiger partial charge in [-0.2, -0.15) is 12.7 Å². The Morgan fingerprint density at radius 2 is 2.12 bits per heavy atom. The Labute approximate surface area is 105 Å². The molecular formula is C9H17N3O3S2. The van der Waals surface area contributed by atoms with Gasteiger partial charge >= 0.3 is 10.2 Å². The van der Waals surface area contributed by atoms with E-state index in [9.17, 15) is 8.42 Å². The Bertz CT molecular complexity index is 450. The number of nitrogens with zero attached hydrogens (tertiary/aromatic N) is 2. The van der Waals surface area contributed by atoms with Crippen LogP contribution in [0.3, 0.4) is 0 Å². The maximum Gasteiger partial charge on any atom is 0.303 e. The summed E-state index contributed by atoms with van der Waals surface area (Å²) in [5, 5.41) is 9.03. The van der Waals surface area contributed by atoms with Crippen LogP contribution in [0.2, 0.25) is 0 Å². The Hall–Kier alpha value is -0.700. The summed E-state index contributed by atoms with van der Waals surface area (Å²) in [6.07, 6.45) is 0.410. The molecule has 0 aliphatic rings. The molecule has 0 radical (unpaired) electrons. The van der Waals surface area contributed by atoms with Gasteiger partial charge in [0.05, 0.1) is 5.69 Å². The predicted octanol–water partition coefficient (Wildman–Crippen LogP) is 0.731. The zero-order valence-corrected chi connectivity index (χ0v) is 11.7. The van der Waals surface area contributed by atoms with Crippen molar-refractivity contribution in [1.29, 1.82) is 0 Å². The number of hydrogen-bond donors (Lipinski definition) is 2. The third kappa shape index (κ3) is 3.91. The lowest BCUT2D eigenvalue weighted by atomic mass is 10.4. The van der Waals surface area contributed by atoms with Gasteiger partial charge in [-0.15, -0.1) is 11.3 Å². The van der Waals surface area contributed by atoms with Crippen molar-refractivity contribution in [3.05, 3.63) is 10.6 Å². The van der Waals surface area contributed by atoms with E-state index in [0.717, 1.165) is 14.9 Å². The molecule has 0 unspecified atom stereocenters. The Kier molecular flexibility index (Phi) is 4.87. The minimum atomic E-state index is -3.57. The SMILES string of the molecule is Cc1nc(NS(=O)(=O)N(C)CCCO)sc1C. The molecule has 1 heterocycles. The molecule has 0 atom stereocenters. The summed E-state index contributed by atoms with van der Waals surface area (Å²) in [4.78, 5) is 5.10. The topological polar surface area (TPSA) is 82.5 Å². The highest BCUT2D eigenvalue weighted by Crippen LogP contribution is 2.22. The molecule has 1 aromatic rings. The van der Waals surface area contributed by atoms with E-state index < -0.39 is 10.2 Å². The van der Waals surface area contributed by atoms with Gasteiger partial charge in [-0.3, -0.25) is 0 Å². The van der Waals surface area contributed by atoms with Crippen LogP contribution in [0.25, 0.3) is 0 Å². The first kappa shape index (κ1) is 14.4. The normalized spacial score (nSPS) is 12.1. The number of thiazole rings is 1. The Balaban J connectivity index is 2.72. The van der Waals surface area contributed by atoms with Crippen LogP contribution in [0.1, 0.15) is 17.0 Å². The molecule has 6 nitrogen and oxygen atoms in total. The average Bonchev–Trinajstić information content (AvgIpc) is 2.53. The molecule has 0 aliphatic carbocycles. The molecule has 0 fully saturated rings. The highest BCUT2D eigenvalue weighted by Gasteiger charge is 2.18. The minimum Gasteiger partial charge on any atom is -0.396 e. The lowest BCUT2D eigenvalue weighted by Gasteiger charge is -2.16. The minimum absolute atomic E-state index is 0.0324. The first-order valence-electron chi connectivity index (χ1n) is 5.16. The molecule has 0 saturated carbocycles. The van der Waals surface area contributed by atoms with Gasteiger partial charge in [0.2, 0.25) is 0 Å². The van der Waals surface area contributed by atoms with Crippen LogP contribution in [0.5, 0.6) is 0 Å². The second-order valence-corrected chi connectivity index (χ2v) is 6.65. The summed E-state index contributed by atoms with van der Waals surface area (Å²) in [5.41, 5.74) is 0.825. The van der Waals surface area contributed by atoms with Crippen molar-refractivity contribution in [1.82, 2.24) is 9.29 Å². The van der Waals surface area contributed by atoms with E-state index in [2.05, 4.69) is 9.71 Å². The quantitative estimate of drug-likeness (QED) is 0.804. The Morgan fingerprint density at radius 3 is 2.59 bits per heavy atom. The zero-order chi connectivity index (χ0) is 13.1. The fraction of sp³-hybridized carbons (Fsp3) is 0.667. The van der Waals surface area contributed by atoms with E-state index in [1.165, 1.54) is 18.4 Å². The smallest absolute Gasteiger partial charge is 0.303 e. The number of aliphatic hydroxyl groups is 1. The first-order valence-corrected chi connectivity index (χ1v) is 7.41. The number of hydrogen-bond acceptors (Lipinski definition) is 5. The fourth-order valence-corrected chi connectivity index (χ4v) is 3.06. The Morgan fingerprint density at radius 1 is 1.47 bits per heavy atom. The first-order chi connectivity index (χ1) is 7.86. The molecule has 8 heteroatoms. The van der Waals surface area contributed by atoms with Gasteiger partial charge in [-0.1, -0.05) is 0 Å². The molecular weight excluding hydrogens is 262 g/mol.